The molecule has 1 amide bonds. The number of oxazole rings is 1. The fraction of sp³-hybridized carbons (Fsp3) is 0.444. The fourth-order valence-corrected chi connectivity index (χ4v) is 3.23. The lowest BCUT2D eigenvalue weighted by molar-refractivity contribution is -0.122. The maximum atomic E-state index is 12.9. The van der Waals surface area contributed by atoms with Crippen molar-refractivity contribution in [2.45, 2.75) is 26.7 Å². The average Bonchev–Trinajstić information content (AvgIpc) is 3.04. The van der Waals surface area contributed by atoms with Crippen LogP contribution in [-0.2, 0) is 4.79 Å². The summed E-state index contributed by atoms with van der Waals surface area (Å²) in [4.78, 5) is 24.9. The number of carbonyl (C=O) groups is 1. The Morgan fingerprint density at radius 3 is 2.84 bits per heavy atom. The first-order chi connectivity index (χ1) is 12.1. The van der Waals surface area contributed by atoms with Crippen molar-refractivity contribution < 1.29 is 9.21 Å². The van der Waals surface area contributed by atoms with Gasteiger partial charge in [-0.05, 0) is 31.9 Å². The van der Waals surface area contributed by atoms with E-state index in [0.29, 0.717) is 37.1 Å². The molecule has 0 atom stereocenters. The van der Waals surface area contributed by atoms with Gasteiger partial charge in [0.25, 0.3) is 0 Å². The molecule has 7 heteroatoms. The minimum atomic E-state index is -0.0361. The summed E-state index contributed by atoms with van der Waals surface area (Å²) in [6.07, 6.45) is 4.86. The molecule has 0 N–H and O–H groups in total. The first-order valence-corrected chi connectivity index (χ1v) is 8.48. The van der Waals surface area contributed by atoms with Gasteiger partial charge in [0.15, 0.2) is 5.89 Å². The number of aromatic nitrogens is 2. The number of nitriles is 1. The zero-order chi connectivity index (χ0) is 17.8. The minimum absolute atomic E-state index is 0.0361. The zero-order valence-electron chi connectivity index (χ0n) is 14.5. The second-order valence-corrected chi connectivity index (χ2v) is 6.05. The van der Waals surface area contributed by atoms with Crippen LogP contribution in [0.25, 0.3) is 0 Å². The Kier molecular flexibility index (Phi) is 4.98. The molecule has 1 fully saturated rings. The molecule has 25 heavy (non-hydrogen) atoms. The van der Waals surface area contributed by atoms with Crippen LogP contribution < -0.4 is 9.80 Å². The summed E-state index contributed by atoms with van der Waals surface area (Å²) >= 11 is 0. The molecule has 0 aromatic carbocycles. The summed E-state index contributed by atoms with van der Waals surface area (Å²) in [7, 11) is 0. The summed E-state index contributed by atoms with van der Waals surface area (Å²) in [5.41, 5.74) is 1.14. The third-order valence-corrected chi connectivity index (χ3v) is 4.49. The number of amides is 1. The molecule has 0 aliphatic carbocycles. The standard InChI is InChI=1S/C18H21N5O2/c1-3-23(15-5-4-8-20-12-15)17(24)14-6-9-22(10-7-14)18-16(11-19)21-13(2)25-18/h4-5,8,12,14H,3,6-7,9-10H2,1-2H3. The Bertz CT molecular complexity index is 773. The van der Waals surface area contributed by atoms with Gasteiger partial charge < -0.3 is 14.2 Å². The molecule has 3 rings (SSSR count). The van der Waals surface area contributed by atoms with E-state index in [1.54, 1.807) is 24.2 Å². The molecule has 3 heterocycles. The second kappa shape index (κ2) is 7.34. The molecule has 7 nitrogen and oxygen atoms in total. The summed E-state index contributed by atoms with van der Waals surface area (Å²) in [5, 5.41) is 9.17. The number of hydrogen-bond acceptors (Lipinski definition) is 6. The zero-order valence-corrected chi connectivity index (χ0v) is 14.5. The Morgan fingerprint density at radius 2 is 2.24 bits per heavy atom. The SMILES string of the molecule is CCN(C(=O)C1CCN(c2oc(C)nc2C#N)CC1)c1cccnc1. The van der Waals surface area contributed by atoms with Gasteiger partial charge in [0.1, 0.15) is 6.07 Å². The van der Waals surface area contributed by atoms with Crippen LogP contribution in [0.3, 0.4) is 0 Å². The van der Waals surface area contributed by atoms with Crippen LogP contribution in [0.4, 0.5) is 11.6 Å². The molecule has 1 aliphatic rings. The van der Waals surface area contributed by atoms with Crippen molar-refractivity contribution in [3.8, 4) is 6.07 Å². The van der Waals surface area contributed by atoms with Crippen LogP contribution in [0.2, 0.25) is 0 Å². The predicted octanol–water partition coefficient (Wildman–Crippen LogP) is 2.52. The van der Waals surface area contributed by atoms with Crippen LogP contribution in [0, 0.1) is 24.2 Å². The molecule has 0 saturated carbocycles. The monoisotopic (exact) mass is 339 g/mol. The molecule has 0 radical (unpaired) electrons. The first-order valence-electron chi connectivity index (χ1n) is 8.48. The van der Waals surface area contributed by atoms with Gasteiger partial charge in [-0.3, -0.25) is 9.78 Å². The van der Waals surface area contributed by atoms with Crippen molar-refractivity contribution >= 4 is 17.5 Å². The Morgan fingerprint density at radius 1 is 1.48 bits per heavy atom. The topological polar surface area (TPSA) is 86.3 Å². The second-order valence-electron chi connectivity index (χ2n) is 6.05. The third kappa shape index (κ3) is 3.48. The van der Waals surface area contributed by atoms with E-state index in [1.807, 2.05) is 24.0 Å². The van der Waals surface area contributed by atoms with Crippen LogP contribution in [0.1, 0.15) is 31.4 Å². The fourth-order valence-electron chi connectivity index (χ4n) is 3.23. The van der Waals surface area contributed by atoms with Crippen LogP contribution >= 0.6 is 0 Å². The lowest BCUT2D eigenvalue weighted by Crippen LogP contribution is -2.43. The maximum absolute atomic E-state index is 12.9. The lowest BCUT2D eigenvalue weighted by atomic mass is 9.95. The molecule has 2 aromatic rings. The molecule has 0 unspecified atom stereocenters. The number of anilines is 2. The quantitative estimate of drug-likeness (QED) is 0.851. The maximum Gasteiger partial charge on any atom is 0.234 e. The summed E-state index contributed by atoms with van der Waals surface area (Å²) in [6, 6.07) is 5.81. The first kappa shape index (κ1) is 17.0. The molecule has 1 saturated heterocycles. The predicted molar refractivity (Wildman–Crippen MR) is 93.2 cm³/mol. The summed E-state index contributed by atoms with van der Waals surface area (Å²) in [6.45, 7) is 5.66. The van der Waals surface area contributed by atoms with Crippen LogP contribution in [0.15, 0.2) is 28.9 Å². The number of rotatable bonds is 4. The molecule has 0 spiro atoms. The van der Waals surface area contributed by atoms with Crippen LogP contribution in [0.5, 0.6) is 0 Å². The van der Waals surface area contributed by atoms with Gasteiger partial charge in [0.2, 0.25) is 17.5 Å². The van der Waals surface area contributed by atoms with E-state index in [1.165, 1.54) is 0 Å². The number of pyridine rings is 1. The highest BCUT2D eigenvalue weighted by Crippen LogP contribution is 2.28. The van der Waals surface area contributed by atoms with E-state index in [0.717, 1.165) is 18.5 Å². The van der Waals surface area contributed by atoms with E-state index in [9.17, 15) is 4.79 Å². The molecular formula is C18H21N5O2. The van der Waals surface area contributed by atoms with Crippen molar-refractivity contribution in [2.75, 3.05) is 29.4 Å². The van der Waals surface area contributed by atoms with Crippen molar-refractivity contribution in [1.82, 2.24) is 9.97 Å². The van der Waals surface area contributed by atoms with E-state index in [-0.39, 0.29) is 11.8 Å². The Hall–Kier alpha value is -2.88. The highest BCUT2D eigenvalue weighted by Gasteiger charge is 2.31. The van der Waals surface area contributed by atoms with E-state index >= 15 is 0 Å². The molecule has 2 aromatic heterocycles. The number of aryl methyl sites for hydroxylation is 1. The number of nitrogens with zero attached hydrogens (tertiary/aromatic N) is 5. The Labute approximate surface area is 146 Å². The smallest absolute Gasteiger partial charge is 0.234 e. The van der Waals surface area contributed by atoms with E-state index in [4.69, 9.17) is 9.68 Å². The molecule has 1 aliphatic heterocycles. The van der Waals surface area contributed by atoms with Crippen molar-refractivity contribution in [3.63, 3.8) is 0 Å². The minimum Gasteiger partial charge on any atom is -0.424 e. The average molecular weight is 339 g/mol. The molecule has 130 valence electrons. The van der Waals surface area contributed by atoms with Gasteiger partial charge >= 0.3 is 0 Å². The van der Waals surface area contributed by atoms with Crippen LogP contribution in [-0.4, -0.2) is 35.5 Å². The molecular weight excluding hydrogens is 318 g/mol. The van der Waals surface area contributed by atoms with Gasteiger partial charge in [-0.15, -0.1) is 0 Å². The van der Waals surface area contributed by atoms with E-state index < -0.39 is 0 Å². The van der Waals surface area contributed by atoms with E-state index in [2.05, 4.69) is 16.0 Å². The highest BCUT2D eigenvalue weighted by molar-refractivity contribution is 5.95. The number of carbonyl (C=O) groups excluding carboxylic acids is 1. The normalized spacial score (nSPS) is 15.0. The third-order valence-electron chi connectivity index (χ3n) is 4.49. The van der Waals surface area contributed by atoms with Gasteiger partial charge in [-0.2, -0.15) is 5.26 Å². The van der Waals surface area contributed by atoms with Crippen molar-refractivity contribution in [3.05, 3.63) is 36.1 Å². The largest absolute Gasteiger partial charge is 0.424 e. The van der Waals surface area contributed by atoms with Gasteiger partial charge in [-0.25, -0.2) is 4.98 Å². The molecule has 0 bridgehead atoms. The number of piperidine rings is 1. The summed E-state index contributed by atoms with van der Waals surface area (Å²) < 4.78 is 5.57. The lowest BCUT2D eigenvalue weighted by Gasteiger charge is -2.33. The van der Waals surface area contributed by atoms with Crippen molar-refractivity contribution in [2.24, 2.45) is 5.92 Å². The number of hydrogen-bond donors (Lipinski definition) is 0. The van der Waals surface area contributed by atoms with Gasteiger partial charge in [0.05, 0.1) is 11.9 Å². The summed E-state index contributed by atoms with van der Waals surface area (Å²) in [5.74, 6) is 1.10. The highest BCUT2D eigenvalue weighted by atomic mass is 16.4. The van der Waals surface area contributed by atoms with Gasteiger partial charge in [0, 0.05) is 38.7 Å². The van der Waals surface area contributed by atoms with Gasteiger partial charge in [-0.1, -0.05) is 0 Å². The van der Waals surface area contributed by atoms with Crippen molar-refractivity contribution in [1.29, 1.82) is 5.26 Å². The Balaban J connectivity index is 1.67.